The number of carbonyl (C=O) groups excluding carboxylic acids is 2. The van der Waals surface area contributed by atoms with Crippen LogP contribution in [0.1, 0.15) is 37.6 Å². The van der Waals surface area contributed by atoms with Gasteiger partial charge in [-0.15, -0.1) is 0 Å². The average Bonchev–Trinajstić information content (AvgIpc) is 3.34. The lowest BCUT2D eigenvalue weighted by molar-refractivity contribution is 0.0734. The SMILES string of the molecule is COc1ccc(C(=O)C=Cc2ccccc2OC(=O)c2c(C)oc3ccc(OCc4ccccc4)cc23)c(OC)c1. The van der Waals surface area contributed by atoms with Gasteiger partial charge in [0.2, 0.25) is 0 Å². The number of methoxy groups -OCH3 is 2. The number of esters is 1. The Morgan fingerprint density at radius 1 is 0.805 bits per heavy atom. The summed E-state index contributed by atoms with van der Waals surface area (Å²) in [7, 11) is 3.03. The fraction of sp³-hybridized carbons (Fsp3) is 0.118. The Bertz CT molecular complexity index is 1730. The Hall–Kier alpha value is -5.30. The summed E-state index contributed by atoms with van der Waals surface area (Å²) in [6.07, 6.45) is 3.01. The number of ketones is 1. The first kappa shape index (κ1) is 27.3. The molecule has 206 valence electrons. The minimum atomic E-state index is -0.578. The zero-order chi connectivity index (χ0) is 28.8. The number of furan rings is 1. The van der Waals surface area contributed by atoms with E-state index in [0.717, 1.165) is 5.56 Å². The van der Waals surface area contributed by atoms with Crippen molar-refractivity contribution in [2.75, 3.05) is 14.2 Å². The highest BCUT2D eigenvalue weighted by Gasteiger charge is 2.22. The monoisotopic (exact) mass is 548 g/mol. The van der Waals surface area contributed by atoms with Crippen molar-refractivity contribution < 1.29 is 33.0 Å². The van der Waals surface area contributed by atoms with Crippen LogP contribution in [0.5, 0.6) is 23.0 Å². The average molecular weight is 549 g/mol. The van der Waals surface area contributed by atoms with Gasteiger partial charge in [0.1, 0.15) is 46.5 Å². The second-order valence-electron chi connectivity index (χ2n) is 9.16. The van der Waals surface area contributed by atoms with Crippen molar-refractivity contribution >= 4 is 28.8 Å². The van der Waals surface area contributed by atoms with Gasteiger partial charge in [0.15, 0.2) is 5.78 Å². The molecule has 0 unspecified atom stereocenters. The number of carbonyl (C=O) groups is 2. The van der Waals surface area contributed by atoms with E-state index in [1.54, 1.807) is 80.8 Å². The summed E-state index contributed by atoms with van der Waals surface area (Å²) in [5, 5.41) is 0.591. The molecule has 0 amide bonds. The summed E-state index contributed by atoms with van der Waals surface area (Å²) in [6.45, 7) is 2.11. The minimum Gasteiger partial charge on any atom is -0.497 e. The number of fused-ring (bicyclic) bond motifs is 1. The van der Waals surface area contributed by atoms with Gasteiger partial charge in [-0.3, -0.25) is 4.79 Å². The first-order chi connectivity index (χ1) is 20.0. The highest BCUT2D eigenvalue weighted by Crippen LogP contribution is 2.31. The number of benzene rings is 4. The molecular formula is C34H28O7. The fourth-order valence-electron chi connectivity index (χ4n) is 4.40. The molecule has 41 heavy (non-hydrogen) atoms. The summed E-state index contributed by atoms with van der Waals surface area (Å²) in [4.78, 5) is 26.4. The smallest absolute Gasteiger partial charge is 0.347 e. The van der Waals surface area contributed by atoms with E-state index in [1.807, 2.05) is 30.3 Å². The quantitative estimate of drug-likeness (QED) is 0.0775. The van der Waals surface area contributed by atoms with E-state index in [4.69, 9.17) is 23.4 Å². The van der Waals surface area contributed by atoms with Crippen molar-refractivity contribution in [3.63, 3.8) is 0 Å². The number of allylic oxidation sites excluding steroid dienone is 1. The first-order valence-electron chi connectivity index (χ1n) is 12.9. The predicted octanol–water partition coefficient (Wildman–Crippen LogP) is 7.45. The van der Waals surface area contributed by atoms with E-state index >= 15 is 0 Å². The third-order valence-electron chi connectivity index (χ3n) is 6.50. The maximum atomic E-state index is 13.4. The standard InChI is InChI=1S/C34H28O7/c1-22-33(28-19-26(15-18-31(28)40-22)39-21-23-9-5-4-6-10-23)34(36)41-30-12-8-7-11-24(30)13-17-29(35)27-16-14-25(37-2)20-32(27)38-3/h4-20H,21H2,1-3H3. The Balaban J connectivity index is 1.36. The number of aryl methyl sites for hydroxylation is 1. The maximum absolute atomic E-state index is 13.4. The van der Waals surface area contributed by atoms with Crippen LogP contribution >= 0.6 is 0 Å². The molecule has 0 fully saturated rings. The third-order valence-corrected chi connectivity index (χ3v) is 6.50. The van der Waals surface area contributed by atoms with Gasteiger partial charge in [0.25, 0.3) is 0 Å². The highest BCUT2D eigenvalue weighted by atomic mass is 16.5. The van der Waals surface area contributed by atoms with Crippen molar-refractivity contribution in [3.8, 4) is 23.0 Å². The number of hydrogen-bond acceptors (Lipinski definition) is 7. The topological polar surface area (TPSA) is 84.2 Å². The molecule has 1 aromatic heterocycles. The van der Waals surface area contributed by atoms with Gasteiger partial charge in [0, 0.05) is 17.0 Å². The second-order valence-corrected chi connectivity index (χ2v) is 9.16. The molecule has 0 aliphatic carbocycles. The molecule has 0 aliphatic rings. The summed E-state index contributed by atoms with van der Waals surface area (Å²) in [6, 6.07) is 27.1. The highest BCUT2D eigenvalue weighted by molar-refractivity contribution is 6.09. The Kier molecular flexibility index (Phi) is 8.15. The first-order valence-corrected chi connectivity index (χ1v) is 12.9. The Labute approximate surface area is 237 Å². The van der Waals surface area contributed by atoms with Crippen molar-refractivity contribution in [1.82, 2.24) is 0 Å². The van der Waals surface area contributed by atoms with Gasteiger partial charge in [0.05, 0.1) is 19.8 Å². The van der Waals surface area contributed by atoms with E-state index in [-0.39, 0.29) is 5.78 Å². The van der Waals surface area contributed by atoms with Crippen LogP contribution in [0.3, 0.4) is 0 Å². The van der Waals surface area contributed by atoms with Gasteiger partial charge in [-0.2, -0.15) is 0 Å². The zero-order valence-corrected chi connectivity index (χ0v) is 22.9. The molecule has 5 rings (SSSR count). The second kappa shape index (κ2) is 12.3. The van der Waals surface area contributed by atoms with E-state index in [0.29, 0.717) is 63.0 Å². The van der Waals surface area contributed by atoms with Crippen LogP contribution < -0.4 is 18.9 Å². The van der Waals surface area contributed by atoms with E-state index < -0.39 is 5.97 Å². The summed E-state index contributed by atoms with van der Waals surface area (Å²) >= 11 is 0. The molecule has 0 aliphatic heterocycles. The van der Waals surface area contributed by atoms with E-state index in [1.165, 1.54) is 13.2 Å². The molecular weight excluding hydrogens is 520 g/mol. The van der Waals surface area contributed by atoms with Gasteiger partial charge in [-0.25, -0.2) is 4.79 Å². The van der Waals surface area contributed by atoms with Gasteiger partial charge in [-0.05, 0) is 61.0 Å². The third kappa shape index (κ3) is 6.15. The molecule has 0 saturated heterocycles. The Morgan fingerprint density at radius 3 is 2.34 bits per heavy atom. The van der Waals surface area contributed by atoms with E-state index in [9.17, 15) is 9.59 Å². The molecule has 5 aromatic rings. The van der Waals surface area contributed by atoms with Crippen LogP contribution in [0.2, 0.25) is 0 Å². The molecule has 7 heteroatoms. The van der Waals surface area contributed by atoms with Crippen molar-refractivity contribution in [1.29, 1.82) is 0 Å². The number of para-hydroxylation sites is 1. The van der Waals surface area contributed by atoms with Crippen molar-refractivity contribution in [2.45, 2.75) is 13.5 Å². The fourth-order valence-corrected chi connectivity index (χ4v) is 4.40. The largest absolute Gasteiger partial charge is 0.497 e. The lowest BCUT2D eigenvalue weighted by Crippen LogP contribution is -2.10. The van der Waals surface area contributed by atoms with Crippen LogP contribution in [-0.4, -0.2) is 26.0 Å². The summed E-state index contributed by atoms with van der Waals surface area (Å²) in [5.74, 6) is 1.46. The molecule has 7 nitrogen and oxygen atoms in total. The number of hydrogen-bond donors (Lipinski definition) is 0. The van der Waals surface area contributed by atoms with Gasteiger partial charge in [-0.1, -0.05) is 48.5 Å². The molecule has 0 bridgehead atoms. The minimum absolute atomic E-state index is 0.273. The maximum Gasteiger partial charge on any atom is 0.347 e. The lowest BCUT2D eigenvalue weighted by atomic mass is 10.1. The molecule has 0 N–H and O–H groups in total. The van der Waals surface area contributed by atoms with Crippen molar-refractivity contribution in [2.24, 2.45) is 0 Å². The summed E-state index contributed by atoms with van der Waals surface area (Å²) < 4.78 is 28.2. The van der Waals surface area contributed by atoms with Crippen LogP contribution in [-0.2, 0) is 6.61 Å². The molecule has 0 atom stereocenters. The normalized spacial score (nSPS) is 11.0. The predicted molar refractivity (Wildman–Crippen MR) is 156 cm³/mol. The molecule has 4 aromatic carbocycles. The van der Waals surface area contributed by atoms with E-state index in [2.05, 4.69) is 0 Å². The van der Waals surface area contributed by atoms with Crippen LogP contribution in [0, 0.1) is 6.92 Å². The van der Waals surface area contributed by atoms with Gasteiger partial charge >= 0.3 is 5.97 Å². The van der Waals surface area contributed by atoms with Crippen molar-refractivity contribution in [3.05, 3.63) is 125 Å². The summed E-state index contributed by atoms with van der Waals surface area (Å²) in [5.41, 5.74) is 2.82. The van der Waals surface area contributed by atoms with Gasteiger partial charge < -0.3 is 23.4 Å². The molecule has 1 heterocycles. The van der Waals surface area contributed by atoms with Crippen LogP contribution in [0.4, 0.5) is 0 Å². The lowest BCUT2D eigenvalue weighted by Gasteiger charge is -2.09. The zero-order valence-electron chi connectivity index (χ0n) is 22.9. The molecule has 0 radical (unpaired) electrons. The molecule has 0 spiro atoms. The Morgan fingerprint density at radius 2 is 1.56 bits per heavy atom. The molecule has 0 saturated carbocycles. The number of ether oxygens (including phenoxy) is 4. The van der Waals surface area contributed by atoms with Crippen LogP contribution in [0.25, 0.3) is 17.0 Å². The number of rotatable bonds is 10. The van der Waals surface area contributed by atoms with Crippen LogP contribution in [0.15, 0.2) is 101 Å².